The lowest BCUT2D eigenvalue weighted by molar-refractivity contribution is -0.117. The van der Waals surface area contributed by atoms with Crippen LogP contribution >= 0.6 is 11.8 Å². The zero-order chi connectivity index (χ0) is 24.8. The molecule has 0 spiro atoms. The fourth-order valence-electron chi connectivity index (χ4n) is 5.89. The third-order valence-electron chi connectivity index (χ3n) is 7.56. The summed E-state index contributed by atoms with van der Waals surface area (Å²) in [6, 6.07) is 15.5. The van der Waals surface area contributed by atoms with E-state index in [1.807, 2.05) is 60.4 Å². The molecule has 6 rings (SSSR count). The van der Waals surface area contributed by atoms with Crippen LogP contribution in [-0.2, 0) is 4.79 Å². The molecule has 3 fully saturated rings. The zero-order valence-electron chi connectivity index (χ0n) is 20.2. The molecule has 188 valence electrons. The van der Waals surface area contributed by atoms with E-state index in [0.717, 1.165) is 60.7 Å². The highest BCUT2D eigenvalue weighted by atomic mass is 32.2. The van der Waals surface area contributed by atoms with Gasteiger partial charge < -0.3 is 26.4 Å². The lowest BCUT2D eigenvalue weighted by Gasteiger charge is -2.46. The molecule has 2 aromatic carbocycles. The Kier molecular flexibility index (Phi) is 6.15. The van der Waals surface area contributed by atoms with Crippen molar-refractivity contribution in [3.8, 4) is 11.5 Å². The fraction of sp³-hybridized carbons (Fsp3) is 0.407. The van der Waals surface area contributed by atoms with Crippen LogP contribution in [0.1, 0.15) is 31.2 Å². The highest BCUT2D eigenvalue weighted by Gasteiger charge is 2.52. The molecule has 5 atom stereocenters. The Morgan fingerprint density at radius 1 is 1.14 bits per heavy atom. The van der Waals surface area contributed by atoms with Gasteiger partial charge in [-0.3, -0.25) is 9.69 Å². The molecule has 3 heterocycles. The topological polar surface area (TPSA) is 109 Å². The van der Waals surface area contributed by atoms with Crippen LogP contribution in [0.5, 0.6) is 11.5 Å². The Morgan fingerprint density at radius 3 is 2.72 bits per heavy atom. The first kappa shape index (κ1) is 23.4. The number of nitrogens with zero attached hydrogens (tertiary/aromatic N) is 1. The van der Waals surface area contributed by atoms with Crippen LogP contribution in [0, 0.1) is 12.8 Å². The SMILES string of the molecule is Cc1cc(Oc2ccccc2)ccc1N1C(=O)NC2=C(C(=O)N[C@H]3CC[C@@H](N)C3)SC3NCCC1C23. The van der Waals surface area contributed by atoms with Crippen LogP contribution < -0.4 is 31.3 Å². The van der Waals surface area contributed by atoms with Crippen LogP contribution in [0.4, 0.5) is 10.5 Å². The van der Waals surface area contributed by atoms with E-state index in [1.54, 1.807) is 0 Å². The smallest absolute Gasteiger partial charge is 0.326 e. The summed E-state index contributed by atoms with van der Waals surface area (Å²) >= 11 is 1.53. The second kappa shape index (κ2) is 9.46. The number of benzene rings is 2. The third-order valence-corrected chi connectivity index (χ3v) is 8.92. The maximum atomic E-state index is 13.5. The number of carbonyl (C=O) groups is 2. The standard InChI is InChI=1S/C27H31N5O3S/c1-15-13-19(35-18-5-3-2-4-6-18)9-10-20(15)32-21-11-12-29-26-22(21)23(31-27(32)34)24(36-26)25(33)30-17-8-7-16(28)14-17/h2-6,9-10,13,16-17,21-22,26,29H,7-8,11-12,14,28H2,1H3,(H,30,33)(H,31,34)/t16-,17+,21?,22?,26?/m1/s1. The predicted molar refractivity (Wildman–Crippen MR) is 141 cm³/mol. The number of urea groups is 1. The van der Waals surface area contributed by atoms with Crippen molar-refractivity contribution in [1.82, 2.24) is 16.0 Å². The second-order valence-electron chi connectivity index (χ2n) is 10.0. The molecule has 36 heavy (non-hydrogen) atoms. The van der Waals surface area contributed by atoms with Crippen molar-refractivity contribution in [2.24, 2.45) is 11.7 Å². The van der Waals surface area contributed by atoms with E-state index in [4.69, 9.17) is 10.5 Å². The highest BCUT2D eigenvalue weighted by molar-refractivity contribution is 8.04. The van der Waals surface area contributed by atoms with Gasteiger partial charge in [-0.25, -0.2) is 4.79 Å². The number of anilines is 1. The molecule has 3 amide bonds. The maximum absolute atomic E-state index is 13.5. The van der Waals surface area contributed by atoms with E-state index in [1.165, 1.54) is 11.8 Å². The quantitative estimate of drug-likeness (QED) is 0.495. The number of para-hydroxylation sites is 1. The normalized spacial score (nSPS) is 29.1. The lowest BCUT2D eigenvalue weighted by atomic mass is 9.86. The first-order valence-corrected chi connectivity index (χ1v) is 13.5. The van der Waals surface area contributed by atoms with Gasteiger partial charge in [0.15, 0.2) is 0 Å². The van der Waals surface area contributed by atoms with Crippen molar-refractivity contribution >= 4 is 29.4 Å². The number of rotatable bonds is 5. The first-order chi connectivity index (χ1) is 17.5. The number of piperidine rings is 1. The van der Waals surface area contributed by atoms with Crippen molar-refractivity contribution in [2.75, 3.05) is 11.4 Å². The van der Waals surface area contributed by atoms with E-state index in [-0.39, 0.29) is 41.4 Å². The summed E-state index contributed by atoms with van der Waals surface area (Å²) in [7, 11) is 0. The Labute approximate surface area is 215 Å². The summed E-state index contributed by atoms with van der Waals surface area (Å²) in [5, 5.41) is 9.85. The van der Waals surface area contributed by atoms with Gasteiger partial charge in [-0.1, -0.05) is 30.0 Å². The molecule has 4 aliphatic rings. The Bertz CT molecular complexity index is 1220. The van der Waals surface area contributed by atoms with Crippen LogP contribution in [0.3, 0.4) is 0 Å². The number of aryl methyl sites for hydroxylation is 1. The molecule has 0 bridgehead atoms. The van der Waals surface area contributed by atoms with E-state index >= 15 is 0 Å². The molecule has 5 N–H and O–H groups in total. The monoisotopic (exact) mass is 505 g/mol. The van der Waals surface area contributed by atoms with Gasteiger partial charge in [0.2, 0.25) is 0 Å². The molecular weight excluding hydrogens is 474 g/mol. The fourth-order valence-corrected chi connectivity index (χ4v) is 7.29. The van der Waals surface area contributed by atoms with Gasteiger partial charge in [0, 0.05) is 29.4 Å². The summed E-state index contributed by atoms with van der Waals surface area (Å²) in [6.07, 6.45) is 3.44. The second-order valence-corrected chi connectivity index (χ2v) is 11.2. The average Bonchev–Trinajstić information content (AvgIpc) is 3.44. The predicted octanol–water partition coefficient (Wildman–Crippen LogP) is 3.58. The maximum Gasteiger partial charge on any atom is 0.326 e. The average molecular weight is 506 g/mol. The summed E-state index contributed by atoms with van der Waals surface area (Å²) in [5.74, 6) is 1.42. The molecule has 0 radical (unpaired) electrons. The summed E-state index contributed by atoms with van der Waals surface area (Å²) in [4.78, 5) is 29.2. The van der Waals surface area contributed by atoms with Gasteiger partial charge in [-0.05, 0) is 75.0 Å². The van der Waals surface area contributed by atoms with E-state index in [0.29, 0.717) is 4.91 Å². The van der Waals surface area contributed by atoms with Gasteiger partial charge in [-0.15, -0.1) is 0 Å². The molecule has 0 aromatic heterocycles. The largest absolute Gasteiger partial charge is 0.457 e. The minimum atomic E-state index is -0.192. The van der Waals surface area contributed by atoms with Gasteiger partial charge in [0.25, 0.3) is 5.91 Å². The third kappa shape index (κ3) is 4.25. The molecule has 8 nitrogen and oxygen atoms in total. The molecule has 2 saturated heterocycles. The van der Waals surface area contributed by atoms with Gasteiger partial charge in [-0.2, -0.15) is 0 Å². The Hall–Kier alpha value is -3.01. The van der Waals surface area contributed by atoms with E-state index in [2.05, 4.69) is 16.0 Å². The Balaban J connectivity index is 1.25. The summed E-state index contributed by atoms with van der Waals surface area (Å²) in [6.45, 7) is 2.79. The molecular formula is C27H31N5O3S. The summed E-state index contributed by atoms with van der Waals surface area (Å²) in [5.41, 5.74) is 8.61. The van der Waals surface area contributed by atoms with Crippen LogP contribution in [0.15, 0.2) is 59.1 Å². The van der Waals surface area contributed by atoms with Crippen molar-refractivity contribution < 1.29 is 14.3 Å². The Morgan fingerprint density at radius 2 is 1.97 bits per heavy atom. The van der Waals surface area contributed by atoms with Gasteiger partial charge in [0.05, 0.1) is 16.3 Å². The van der Waals surface area contributed by atoms with Crippen molar-refractivity contribution in [2.45, 2.75) is 56.1 Å². The molecule has 1 aliphatic carbocycles. The van der Waals surface area contributed by atoms with E-state index in [9.17, 15) is 9.59 Å². The summed E-state index contributed by atoms with van der Waals surface area (Å²) < 4.78 is 5.99. The zero-order valence-corrected chi connectivity index (χ0v) is 21.0. The molecule has 3 unspecified atom stereocenters. The van der Waals surface area contributed by atoms with Crippen LogP contribution in [-0.4, -0.2) is 42.0 Å². The van der Waals surface area contributed by atoms with E-state index < -0.39 is 0 Å². The number of amides is 3. The number of hydrogen-bond acceptors (Lipinski definition) is 6. The minimum absolute atomic E-state index is 0.0210. The number of ether oxygens (including phenoxy) is 1. The lowest BCUT2D eigenvalue weighted by Crippen LogP contribution is -2.62. The highest BCUT2D eigenvalue weighted by Crippen LogP contribution is 2.48. The van der Waals surface area contributed by atoms with Gasteiger partial charge in [0.1, 0.15) is 11.5 Å². The van der Waals surface area contributed by atoms with Crippen molar-refractivity contribution in [3.63, 3.8) is 0 Å². The number of nitrogens with one attached hydrogen (secondary N) is 3. The number of nitrogens with two attached hydrogens (primary N) is 1. The number of carbonyl (C=O) groups excluding carboxylic acids is 2. The molecule has 1 saturated carbocycles. The van der Waals surface area contributed by atoms with Gasteiger partial charge >= 0.3 is 6.03 Å². The van der Waals surface area contributed by atoms with Crippen molar-refractivity contribution in [1.29, 1.82) is 0 Å². The number of hydrogen-bond donors (Lipinski definition) is 4. The van der Waals surface area contributed by atoms with Crippen LogP contribution in [0.2, 0.25) is 0 Å². The first-order valence-electron chi connectivity index (χ1n) is 12.6. The molecule has 3 aliphatic heterocycles. The minimum Gasteiger partial charge on any atom is -0.457 e. The van der Waals surface area contributed by atoms with Crippen molar-refractivity contribution in [3.05, 3.63) is 64.7 Å². The molecule has 9 heteroatoms. The number of thioether (sulfide) groups is 1. The molecule has 2 aromatic rings. The van der Waals surface area contributed by atoms with Crippen LogP contribution in [0.25, 0.3) is 0 Å².